The Morgan fingerprint density at radius 1 is 1.14 bits per heavy atom. The number of hydrogen-bond acceptors (Lipinski definition) is 3. The van der Waals surface area contributed by atoms with Crippen molar-refractivity contribution in [2.45, 2.75) is 0 Å². The highest BCUT2D eigenvalue weighted by atomic mass is 79.9. The van der Waals surface area contributed by atoms with E-state index in [1.54, 1.807) is 18.3 Å². The second kappa shape index (κ2) is 5.54. The van der Waals surface area contributed by atoms with Crippen molar-refractivity contribution in [3.8, 4) is 11.5 Å². The lowest BCUT2D eigenvalue weighted by Crippen LogP contribution is -2.00. The molecule has 2 aromatic carbocycles. The number of aromatic carboxylic acids is 1. The molecule has 3 aromatic rings. The molecule has 0 aliphatic carbocycles. The Kier molecular flexibility index (Phi) is 3.58. The molecule has 1 heterocycles. The van der Waals surface area contributed by atoms with Crippen LogP contribution in [0.25, 0.3) is 10.9 Å². The molecule has 0 unspecified atom stereocenters. The second-order valence-electron chi connectivity index (χ2n) is 4.41. The molecule has 0 bridgehead atoms. The maximum atomic E-state index is 11.2. The third kappa shape index (κ3) is 2.87. The minimum absolute atomic E-state index is 0.103. The third-order valence-corrected chi connectivity index (χ3v) is 3.46. The molecule has 3 rings (SSSR count). The first-order valence-electron chi connectivity index (χ1n) is 6.19. The second-order valence-corrected chi connectivity index (χ2v) is 5.33. The fourth-order valence-electron chi connectivity index (χ4n) is 1.99. The first kappa shape index (κ1) is 13.6. The van der Waals surface area contributed by atoms with Crippen LogP contribution in [0.1, 0.15) is 10.4 Å². The molecule has 5 heteroatoms. The molecule has 104 valence electrons. The molecule has 0 spiro atoms. The van der Waals surface area contributed by atoms with Gasteiger partial charge in [-0.05, 0) is 30.3 Å². The number of carboxylic acid groups (broad SMARTS) is 1. The van der Waals surface area contributed by atoms with Crippen LogP contribution in [-0.2, 0) is 0 Å². The zero-order valence-corrected chi connectivity index (χ0v) is 12.4. The van der Waals surface area contributed by atoms with Crippen molar-refractivity contribution in [1.82, 2.24) is 4.98 Å². The van der Waals surface area contributed by atoms with Crippen molar-refractivity contribution >= 4 is 32.8 Å². The van der Waals surface area contributed by atoms with E-state index in [1.165, 1.54) is 6.07 Å². The topological polar surface area (TPSA) is 59.4 Å². The highest BCUT2D eigenvalue weighted by Gasteiger charge is 2.13. The maximum Gasteiger partial charge on any atom is 0.339 e. The Balaban J connectivity index is 2.02. The molecule has 0 aliphatic rings. The van der Waals surface area contributed by atoms with Crippen LogP contribution in [0.3, 0.4) is 0 Å². The number of carboxylic acids is 1. The monoisotopic (exact) mass is 343 g/mol. The predicted molar refractivity (Wildman–Crippen MR) is 82.9 cm³/mol. The highest BCUT2D eigenvalue weighted by Crippen LogP contribution is 2.29. The number of benzene rings is 2. The molecule has 0 saturated heterocycles. The summed E-state index contributed by atoms with van der Waals surface area (Å²) in [5, 5.41) is 10.1. The van der Waals surface area contributed by atoms with Gasteiger partial charge in [-0.1, -0.05) is 34.1 Å². The van der Waals surface area contributed by atoms with Crippen molar-refractivity contribution in [2.75, 3.05) is 0 Å². The van der Waals surface area contributed by atoms with Gasteiger partial charge in [0, 0.05) is 9.86 Å². The summed E-state index contributed by atoms with van der Waals surface area (Å²) in [5.74, 6) is -0.269. The van der Waals surface area contributed by atoms with Gasteiger partial charge in [0.1, 0.15) is 17.1 Å². The summed E-state index contributed by atoms with van der Waals surface area (Å²) in [5.41, 5.74) is 0.962. The Morgan fingerprint density at radius 3 is 2.76 bits per heavy atom. The summed E-state index contributed by atoms with van der Waals surface area (Å²) in [6.45, 7) is 0. The summed E-state index contributed by atoms with van der Waals surface area (Å²) in [6.07, 6.45) is 1.58. The normalized spacial score (nSPS) is 10.5. The Hall–Kier alpha value is -2.40. The first-order valence-corrected chi connectivity index (χ1v) is 6.98. The van der Waals surface area contributed by atoms with E-state index in [-0.39, 0.29) is 11.3 Å². The molecule has 0 amide bonds. The zero-order chi connectivity index (χ0) is 14.8. The van der Waals surface area contributed by atoms with Crippen LogP contribution in [0, 0.1) is 0 Å². The quantitative estimate of drug-likeness (QED) is 0.761. The van der Waals surface area contributed by atoms with Crippen LogP contribution in [0.4, 0.5) is 0 Å². The summed E-state index contributed by atoms with van der Waals surface area (Å²) in [6, 6.07) is 14.3. The average Bonchev–Trinajstić information content (AvgIpc) is 2.47. The third-order valence-electron chi connectivity index (χ3n) is 2.97. The van der Waals surface area contributed by atoms with Gasteiger partial charge in [0.2, 0.25) is 0 Å². The van der Waals surface area contributed by atoms with E-state index in [0.29, 0.717) is 5.75 Å². The summed E-state index contributed by atoms with van der Waals surface area (Å²) in [4.78, 5) is 15.5. The van der Waals surface area contributed by atoms with Gasteiger partial charge in [-0.3, -0.25) is 4.98 Å². The van der Waals surface area contributed by atoms with Gasteiger partial charge in [-0.15, -0.1) is 0 Å². The van der Waals surface area contributed by atoms with Crippen molar-refractivity contribution < 1.29 is 14.6 Å². The van der Waals surface area contributed by atoms with Crippen LogP contribution in [0.15, 0.2) is 59.2 Å². The number of rotatable bonds is 3. The van der Waals surface area contributed by atoms with Crippen molar-refractivity contribution in [2.24, 2.45) is 0 Å². The highest BCUT2D eigenvalue weighted by molar-refractivity contribution is 9.10. The first-order chi connectivity index (χ1) is 10.1. The van der Waals surface area contributed by atoms with E-state index in [9.17, 15) is 9.90 Å². The molecule has 1 aromatic heterocycles. The molecule has 0 atom stereocenters. The molecule has 0 fully saturated rings. The Labute approximate surface area is 129 Å². The number of ether oxygens (including phenoxy) is 1. The molecule has 0 radical (unpaired) electrons. The van der Waals surface area contributed by atoms with Gasteiger partial charge in [-0.25, -0.2) is 4.79 Å². The van der Waals surface area contributed by atoms with E-state index < -0.39 is 5.97 Å². The largest absolute Gasteiger partial charge is 0.478 e. The predicted octanol–water partition coefficient (Wildman–Crippen LogP) is 4.49. The number of aromatic nitrogens is 1. The van der Waals surface area contributed by atoms with Gasteiger partial charge in [0.25, 0.3) is 0 Å². The summed E-state index contributed by atoms with van der Waals surface area (Å²) in [7, 11) is 0. The van der Waals surface area contributed by atoms with Crippen LogP contribution >= 0.6 is 15.9 Å². The smallest absolute Gasteiger partial charge is 0.339 e. The lowest BCUT2D eigenvalue weighted by molar-refractivity contribution is 0.0694. The van der Waals surface area contributed by atoms with E-state index in [2.05, 4.69) is 20.9 Å². The fourth-order valence-corrected chi connectivity index (χ4v) is 2.33. The summed E-state index contributed by atoms with van der Waals surface area (Å²) >= 11 is 3.31. The zero-order valence-electron chi connectivity index (χ0n) is 10.8. The van der Waals surface area contributed by atoms with E-state index in [4.69, 9.17) is 4.74 Å². The fraction of sp³-hybridized carbons (Fsp3) is 0. The lowest BCUT2D eigenvalue weighted by Gasteiger charge is -2.09. The van der Waals surface area contributed by atoms with E-state index in [0.717, 1.165) is 15.4 Å². The van der Waals surface area contributed by atoms with Crippen LogP contribution < -0.4 is 4.74 Å². The molecule has 0 saturated carbocycles. The average molecular weight is 344 g/mol. The Morgan fingerprint density at radius 2 is 1.95 bits per heavy atom. The molecular formula is C16H10BrNO3. The minimum atomic E-state index is -1.04. The standard InChI is InChI=1S/C16H10BrNO3/c17-11-5-6-13(16(19)20)15(8-11)21-12-7-10-3-1-2-4-14(10)18-9-12/h1-9H,(H,19,20). The van der Waals surface area contributed by atoms with Crippen LogP contribution in [0.5, 0.6) is 11.5 Å². The van der Waals surface area contributed by atoms with Crippen LogP contribution in [-0.4, -0.2) is 16.1 Å². The lowest BCUT2D eigenvalue weighted by atomic mass is 10.2. The van der Waals surface area contributed by atoms with Gasteiger partial charge in [0.05, 0.1) is 11.7 Å². The van der Waals surface area contributed by atoms with Crippen molar-refractivity contribution in [1.29, 1.82) is 0 Å². The molecule has 21 heavy (non-hydrogen) atoms. The van der Waals surface area contributed by atoms with E-state index in [1.807, 2.05) is 30.3 Å². The maximum absolute atomic E-state index is 11.2. The number of carbonyl (C=O) groups is 1. The van der Waals surface area contributed by atoms with Gasteiger partial charge >= 0.3 is 5.97 Å². The van der Waals surface area contributed by atoms with Gasteiger partial charge in [-0.2, -0.15) is 0 Å². The number of fused-ring (bicyclic) bond motifs is 1. The number of hydrogen-bond donors (Lipinski definition) is 1. The number of halogens is 1. The van der Waals surface area contributed by atoms with Gasteiger partial charge in [0.15, 0.2) is 0 Å². The molecule has 4 nitrogen and oxygen atoms in total. The van der Waals surface area contributed by atoms with E-state index >= 15 is 0 Å². The van der Waals surface area contributed by atoms with Gasteiger partial charge < -0.3 is 9.84 Å². The molecule has 1 N–H and O–H groups in total. The number of nitrogens with zero attached hydrogens (tertiary/aromatic N) is 1. The van der Waals surface area contributed by atoms with Crippen molar-refractivity contribution in [3.05, 3.63) is 64.8 Å². The number of para-hydroxylation sites is 1. The Bertz CT molecular complexity index is 833. The molecule has 0 aliphatic heterocycles. The minimum Gasteiger partial charge on any atom is -0.478 e. The number of pyridine rings is 1. The van der Waals surface area contributed by atoms with Crippen LogP contribution in [0.2, 0.25) is 0 Å². The SMILES string of the molecule is O=C(O)c1ccc(Br)cc1Oc1cnc2ccccc2c1. The van der Waals surface area contributed by atoms with Crippen molar-refractivity contribution in [3.63, 3.8) is 0 Å². The molecular weight excluding hydrogens is 334 g/mol. The summed E-state index contributed by atoms with van der Waals surface area (Å²) < 4.78 is 6.43.